The quantitative estimate of drug-likeness (QED) is 0.930. The molecule has 0 fully saturated rings. The SMILES string of the molecule is CCn1cc(Cl)cc1C(=O)N(C)Cc1n[nH]c(C)n1. The van der Waals surface area contributed by atoms with Crippen LogP contribution in [0.2, 0.25) is 5.02 Å². The van der Waals surface area contributed by atoms with Crippen molar-refractivity contribution in [3.63, 3.8) is 0 Å². The molecule has 7 heteroatoms. The fourth-order valence-electron chi connectivity index (χ4n) is 1.85. The van der Waals surface area contributed by atoms with E-state index in [1.165, 1.54) is 0 Å². The summed E-state index contributed by atoms with van der Waals surface area (Å²) in [5.41, 5.74) is 0.572. The number of nitrogens with zero attached hydrogens (tertiary/aromatic N) is 4. The van der Waals surface area contributed by atoms with E-state index in [1.54, 1.807) is 24.2 Å². The van der Waals surface area contributed by atoms with Gasteiger partial charge in [0.2, 0.25) is 0 Å². The van der Waals surface area contributed by atoms with E-state index < -0.39 is 0 Å². The van der Waals surface area contributed by atoms with Crippen molar-refractivity contribution in [3.05, 3.63) is 34.6 Å². The molecule has 0 aliphatic carbocycles. The van der Waals surface area contributed by atoms with Gasteiger partial charge in [-0.25, -0.2) is 4.98 Å². The van der Waals surface area contributed by atoms with Crippen LogP contribution in [0.25, 0.3) is 0 Å². The van der Waals surface area contributed by atoms with Crippen LogP contribution >= 0.6 is 11.6 Å². The van der Waals surface area contributed by atoms with Crippen LogP contribution in [0.5, 0.6) is 0 Å². The van der Waals surface area contributed by atoms with E-state index in [4.69, 9.17) is 11.6 Å². The Hall–Kier alpha value is -1.82. The summed E-state index contributed by atoms with van der Waals surface area (Å²) in [6, 6.07) is 1.67. The van der Waals surface area contributed by atoms with Gasteiger partial charge < -0.3 is 9.47 Å². The molecule has 2 aromatic rings. The van der Waals surface area contributed by atoms with Crippen LogP contribution < -0.4 is 0 Å². The molecule has 0 radical (unpaired) electrons. The molecule has 0 unspecified atom stereocenters. The second-order valence-electron chi connectivity index (χ2n) is 4.33. The lowest BCUT2D eigenvalue weighted by molar-refractivity contribution is 0.0771. The summed E-state index contributed by atoms with van der Waals surface area (Å²) in [6.07, 6.45) is 1.75. The van der Waals surface area contributed by atoms with Gasteiger partial charge in [0.25, 0.3) is 5.91 Å². The number of aryl methyl sites for hydroxylation is 2. The minimum atomic E-state index is -0.101. The van der Waals surface area contributed by atoms with E-state index >= 15 is 0 Å². The first-order chi connectivity index (χ1) is 9.01. The van der Waals surface area contributed by atoms with Crippen molar-refractivity contribution in [1.82, 2.24) is 24.6 Å². The Balaban J connectivity index is 2.14. The van der Waals surface area contributed by atoms with Gasteiger partial charge in [0.1, 0.15) is 11.5 Å². The van der Waals surface area contributed by atoms with E-state index in [0.717, 1.165) is 5.82 Å². The minimum absolute atomic E-state index is 0.101. The number of amides is 1. The van der Waals surface area contributed by atoms with Crippen LogP contribution in [-0.2, 0) is 13.1 Å². The molecule has 0 spiro atoms. The Morgan fingerprint density at radius 2 is 2.32 bits per heavy atom. The molecule has 6 nitrogen and oxygen atoms in total. The number of aromatic amines is 1. The van der Waals surface area contributed by atoms with Crippen molar-refractivity contribution >= 4 is 17.5 Å². The third-order valence-corrected chi connectivity index (χ3v) is 3.00. The second kappa shape index (κ2) is 5.44. The molecule has 0 aromatic carbocycles. The molecule has 2 aromatic heterocycles. The van der Waals surface area contributed by atoms with Crippen LogP contribution in [0, 0.1) is 6.92 Å². The number of aromatic nitrogens is 4. The number of halogens is 1. The minimum Gasteiger partial charge on any atom is -0.342 e. The zero-order valence-electron chi connectivity index (χ0n) is 11.1. The molecule has 0 atom stereocenters. The Morgan fingerprint density at radius 1 is 1.58 bits per heavy atom. The van der Waals surface area contributed by atoms with E-state index in [0.29, 0.717) is 29.6 Å². The van der Waals surface area contributed by atoms with Crippen LogP contribution in [0.3, 0.4) is 0 Å². The molecule has 0 aliphatic heterocycles. The lowest BCUT2D eigenvalue weighted by Crippen LogP contribution is -2.28. The summed E-state index contributed by atoms with van der Waals surface area (Å²) < 4.78 is 1.82. The first kappa shape index (κ1) is 13.6. The standard InChI is InChI=1S/C12H16ClN5O/c1-4-18-6-9(13)5-10(18)12(19)17(3)7-11-14-8(2)15-16-11/h5-6H,4,7H2,1-3H3,(H,14,15,16). The van der Waals surface area contributed by atoms with Crippen molar-refractivity contribution in [2.24, 2.45) is 0 Å². The Labute approximate surface area is 116 Å². The normalized spacial score (nSPS) is 10.7. The number of H-pyrrole nitrogens is 1. The van der Waals surface area contributed by atoms with E-state index in [1.807, 2.05) is 18.4 Å². The number of carbonyl (C=O) groups excluding carboxylic acids is 1. The van der Waals surface area contributed by atoms with Gasteiger partial charge in [0, 0.05) is 19.8 Å². The van der Waals surface area contributed by atoms with Crippen LogP contribution in [0.15, 0.2) is 12.3 Å². The van der Waals surface area contributed by atoms with E-state index in [2.05, 4.69) is 15.2 Å². The second-order valence-corrected chi connectivity index (χ2v) is 4.76. The van der Waals surface area contributed by atoms with Crippen LogP contribution in [0.1, 0.15) is 29.1 Å². The third kappa shape index (κ3) is 2.96. The van der Waals surface area contributed by atoms with Crippen molar-refractivity contribution in [3.8, 4) is 0 Å². The number of hydrogen-bond acceptors (Lipinski definition) is 3. The predicted molar refractivity (Wildman–Crippen MR) is 72.0 cm³/mol. The largest absolute Gasteiger partial charge is 0.342 e. The number of nitrogens with one attached hydrogen (secondary N) is 1. The first-order valence-corrected chi connectivity index (χ1v) is 6.38. The molecule has 102 valence electrons. The smallest absolute Gasteiger partial charge is 0.270 e. The number of hydrogen-bond donors (Lipinski definition) is 1. The van der Waals surface area contributed by atoms with Crippen molar-refractivity contribution < 1.29 is 4.79 Å². The molecular weight excluding hydrogens is 266 g/mol. The average molecular weight is 282 g/mol. The lowest BCUT2D eigenvalue weighted by atomic mass is 10.3. The highest BCUT2D eigenvalue weighted by molar-refractivity contribution is 6.31. The molecule has 19 heavy (non-hydrogen) atoms. The molecular formula is C12H16ClN5O. The molecule has 0 saturated heterocycles. The van der Waals surface area contributed by atoms with Gasteiger partial charge in [-0.3, -0.25) is 9.89 Å². The van der Waals surface area contributed by atoms with Gasteiger partial charge in [-0.1, -0.05) is 11.6 Å². The van der Waals surface area contributed by atoms with Crippen LogP contribution in [0.4, 0.5) is 0 Å². The summed E-state index contributed by atoms with van der Waals surface area (Å²) in [7, 11) is 1.72. The zero-order chi connectivity index (χ0) is 14.0. The van der Waals surface area contributed by atoms with Crippen LogP contribution in [-0.4, -0.2) is 37.6 Å². The van der Waals surface area contributed by atoms with Gasteiger partial charge in [-0.2, -0.15) is 5.10 Å². The third-order valence-electron chi connectivity index (χ3n) is 2.79. The highest BCUT2D eigenvalue weighted by atomic mass is 35.5. The lowest BCUT2D eigenvalue weighted by Gasteiger charge is -2.16. The van der Waals surface area contributed by atoms with Crippen molar-refractivity contribution in [2.45, 2.75) is 26.9 Å². The molecule has 0 aliphatic rings. The van der Waals surface area contributed by atoms with Crippen molar-refractivity contribution in [1.29, 1.82) is 0 Å². The Morgan fingerprint density at radius 3 is 2.89 bits per heavy atom. The highest BCUT2D eigenvalue weighted by Gasteiger charge is 2.18. The summed E-state index contributed by atoms with van der Waals surface area (Å²) >= 11 is 5.94. The van der Waals surface area contributed by atoms with Gasteiger partial charge in [0.05, 0.1) is 11.6 Å². The summed E-state index contributed by atoms with van der Waals surface area (Å²) in [5, 5.41) is 7.33. The average Bonchev–Trinajstić information content (AvgIpc) is 2.94. The summed E-state index contributed by atoms with van der Waals surface area (Å²) in [5.74, 6) is 1.22. The van der Waals surface area contributed by atoms with E-state index in [-0.39, 0.29) is 5.91 Å². The monoisotopic (exact) mass is 281 g/mol. The Kier molecular flexibility index (Phi) is 3.90. The first-order valence-electron chi connectivity index (χ1n) is 6.00. The summed E-state index contributed by atoms with van der Waals surface area (Å²) in [4.78, 5) is 18.1. The van der Waals surface area contributed by atoms with E-state index in [9.17, 15) is 4.79 Å². The molecule has 2 heterocycles. The fraction of sp³-hybridized carbons (Fsp3) is 0.417. The number of rotatable bonds is 4. The van der Waals surface area contributed by atoms with Gasteiger partial charge in [-0.05, 0) is 19.9 Å². The molecule has 0 saturated carbocycles. The zero-order valence-corrected chi connectivity index (χ0v) is 11.9. The summed E-state index contributed by atoms with van der Waals surface area (Å²) in [6.45, 7) is 4.84. The maximum atomic E-state index is 12.3. The molecule has 0 bridgehead atoms. The van der Waals surface area contributed by atoms with Gasteiger partial charge >= 0.3 is 0 Å². The highest BCUT2D eigenvalue weighted by Crippen LogP contribution is 2.16. The molecule has 2 rings (SSSR count). The maximum absolute atomic E-state index is 12.3. The predicted octanol–water partition coefficient (Wildman–Crippen LogP) is 1.86. The maximum Gasteiger partial charge on any atom is 0.270 e. The van der Waals surface area contributed by atoms with Gasteiger partial charge in [0.15, 0.2) is 5.82 Å². The topological polar surface area (TPSA) is 66.8 Å². The Bertz CT molecular complexity index is 589. The fourth-order valence-corrected chi connectivity index (χ4v) is 2.08. The molecule has 1 N–H and O–H groups in total. The molecule has 1 amide bonds. The van der Waals surface area contributed by atoms with Gasteiger partial charge in [-0.15, -0.1) is 0 Å². The number of carbonyl (C=O) groups is 1. The van der Waals surface area contributed by atoms with Crippen molar-refractivity contribution in [2.75, 3.05) is 7.05 Å².